The molecule has 1 aliphatic carbocycles. The lowest BCUT2D eigenvalue weighted by Crippen LogP contribution is -2.25. The predicted octanol–water partition coefficient (Wildman–Crippen LogP) is 2.53. The monoisotopic (exact) mass is 264 g/mol. The number of nitrogens with zero attached hydrogens (tertiary/aromatic N) is 1. The third kappa shape index (κ3) is 5.17. The lowest BCUT2D eigenvalue weighted by Gasteiger charge is -2.22. The standard InChI is InChI=1S/C15H24N2O2/c1-15(2,18-3)8-9-19-14-7-6-13(17-11-14)10-16-12-4-5-12/h6-7,11-12,16H,4-5,8-10H2,1-3H3. The zero-order chi connectivity index (χ0) is 13.7. The third-order valence-corrected chi connectivity index (χ3v) is 3.47. The van der Waals surface area contributed by atoms with Gasteiger partial charge in [0.1, 0.15) is 5.75 Å². The second-order valence-corrected chi connectivity index (χ2v) is 5.70. The fraction of sp³-hybridized carbons (Fsp3) is 0.667. The van der Waals surface area contributed by atoms with Crippen LogP contribution in [0.3, 0.4) is 0 Å². The molecule has 1 N–H and O–H groups in total. The smallest absolute Gasteiger partial charge is 0.137 e. The summed E-state index contributed by atoms with van der Waals surface area (Å²) < 4.78 is 11.0. The summed E-state index contributed by atoms with van der Waals surface area (Å²) in [7, 11) is 1.73. The van der Waals surface area contributed by atoms with Crippen molar-refractivity contribution in [2.75, 3.05) is 13.7 Å². The van der Waals surface area contributed by atoms with Crippen LogP contribution in [0, 0.1) is 0 Å². The minimum Gasteiger partial charge on any atom is -0.492 e. The first-order chi connectivity index (χ1) is 9.09. The lowest BCUT2D eigenvalue weighted by atomic mass is 10.1. The van der Waals surface area contributed by atoms with Crippen LogP contribution in [0.1, 0.15) is 38.8 Å². The number of pyridine rings is 1. The topological polar surface area (TPSA) is 43.4 Å². The van der Waals surface area contributed by atoms with Crippen molar-refractivity contribution in [3.05, 3.63) is 24.0 Å². The maximum atomic E-state index is 5.67. The van der Waals surface area contributed by atoms with Crippen LogP contribution in [-0.4, -0.2) is 30.3 Å². The van der Waals surface area contributed by atoms with Crippen LogP contribution in [-0.2, 0) is 11.3 Å². The highest BCUT2D eigenvalue weighted by Crippen LogP contribution is 2.19. The van der Waals surface area contributed by atoms with Gasteiger partial charge in [0.05, 0.1) is 24.1 Å². The largest absolute Gasteiger partial charge is 0.492 e. The van der Waals surface area contributed by atoms with E-state index in [0.29, 0.717) is 12.6 Å². The van der Waals surface area contributed by atoms with Gasteiger partial charge in [-0.15, -0.1) is 0 Å². The Morgan fingerprint density at radius 2 is 2.16 bits per heavy atom. The lowest BCUT2D eigenvalue weighted by molar-refractivity contribution is 0.00542. The van der Waals surface area contributed by atoms with Crippen LogP contribution >= 0.6 is 0 Å². The average molecular weight is 264 g/mol. The molecule has 1 saturated carbocycles. The Kier molecular flexibility index (Phi) is 4.77. The van der Waals surface area contributed by atoms with Gasteiger partial charge in [-0.2, -0.15) is 0 Å². The molecule has 106 valence electrons. The molecule has 1 aliphatic rings. The van der Waals surface area contributed by atoms with Gasteiger partial charge < -0.3 is 14.8 Å². The van der Waals surface area contributed by atoms with Crippen molar-refractivity contribution in [2.45, 2.75) is 51.3 Å². The van der Waals surface area contributed by atoms with E-state index in [9.17, 15) is 0 Å². The fourth-order valence-corrected chi connectivity index (χ4v) is 1.65. The molecule has 0 amide bonds. The molecule has 0 spiro atoms. The Morgan fingerprint density at radius 3 is 2.74 bits per heavy atom. The summed E-state index contributed by atoms with van der Waals surface area (Å²) in [6.45, 7) is 5.60. The molecule has 0 bridgehead atoms. The molecule has 1 aromatic heterocycles. The molecule has 0 atom stereocenters. The molecule has 4 heteroatoms. The van der Waals surface area contributed by atoms with E-state index in [1.165, 1.54) is 12.8 Å². The van der Waals surface area contributed by atoms with Crippen LogP contribution in [0.5, 0.6) is 5.75 Å². The van der Waals surface area contributed by atoms with Crippen molar-refractivity contribution in [1.82, 2.24) is 10.3 Å². The van der Waals surface area contributed by atoms with E-state index in [2.05, 4.69) is 24.1 Å². The Hall–Kier alpha value is -1.13. The molecule has 0 saturated heterocycles. The summed E-state index contributed by atoms with van der Waals surface area (Å²) in [4.78, 5) is 4.39. The number of rotatable bonds is 8. The average Bonchev–Trinajstić information content (AvgIpc) is 3.22. The Labute approximate surface area is 115 Å². The van der Waals surface area contributed by atoms with Gasteiger partial charge in [-0.1, -0.05) is 0 Å². The summed E-state index contributed by atoms with van der Waals surface area (Å²) in [5.41, 5.74) is 0.929. The van der Waals surface area contributed by atoms with E-state index in [1.54, 1.807) is 13.3 Å². The van der Waals surface area contributed by atoms with Gasteiger partial charge in [0.15, 0.2) is 0 Å². The number of nitrogens with one attached hydrogen (secondary N) is 1. The summed E-state index contributed by atoms with van der Waals surface area (Å²) in [5, 5.41) is 3.44. The normalized spacial score (nSPS) is 15.5. The van der Waals surface area contributed by atoms with E-state index < -0.39 is 0 Å². The fourth-order valence-electron chi connectivity index (χ4n) is 1.65. The number of hydrogen-bond donors (Lipinski definition) is 1. The van der Waals surface area contributed by atoms with E-state index in [1.807, 2.05) is 12.1 Å². The van der Waals surface area contributed by atoms with E-state index in [0.717, 1.165) is 24.4 Å². The first kappa shape index (κ1) is 14.3. The second kappa shape index (κ2) is 6.35. The van der Waals surface area contributed by atoms with Gasteiger partial charge in [-0.3, -0.25) is 4.98 Å². The molecule has 1 fully saturated rings. The third-order valence-electron chi connectivity index (χ3n) is 3.47. The van der Waals surface area contributed by atoms with Crippen LogP contribution in [0.2, 0.25) is 0 Å². The molecule has 1 heterocycles. The van der Waals surface area contributed by atoms with Crippen molar-refractivity contribution >= 4 is 0 Å². The number of methoxy groups -OCH3 is 1. The molecular weight excluding hydrogens is 240 g/mol. The van der Waals surface area contributed by atoms with E-state index >= 15 is 0 Å². The maximum absolute atomic E-state index is 5.67. The van der Waals surface area contributed by atoms with Crippen molar-refractivity contribution in [1.29, 1.82) is 0 Å². The van der Waals surface area contributed by atoms with Crippen LogP contribution in [0.15, 0.2) is 18.3 Å². The molecule has 0 aromatic carbocycles. The Morgan fingerprint density at radius 1 is 1.37 bits per heavy atom. The second-order valence-electron chi connectivity index (χ2n) is 5.70. The Balaban J connectivity index is 1.71. The molecule has 0 aliphatic heterocycles. The van der Waals surface area contributed by atoms with Crippen LogP contribution in [0.4, 0.5) is 0 Å². The van der Waals surface area contributed by atoms with E-state index in [4.69, 9.17) is 9.47 Å². The minimum absolute atomic E-state index is 0.137. The van der Waals surface area contributed by atoms with Gasteiger partial charge in [0.2, 0.25) is 0 Å². The van der Waals surface area contributed by atoms with Crippen LogP contribution < -0.4 is 10.1 Å². The summed E-state index contributed by atoms with van der Waals surface area (Å²) >= 11 is 0. The maximum Gasteiger partial charge on any atom is 0.137 e. The highest BCUT2D eigenvalue weighted by molar-refractivity contribution is 5.19. The van der Waals surface area contributed by atoms with Gasteiger partial charge in [-0.25, -0.2) is 0 Å². The zero-order valence-electron chi connectivity index (χ0n) is 12.1. The predicted molar refractivity (Wildman–Crippen MR) is 75.3 cm³/mol. The molecule has 19 heavy (non-hydrogen) atoms. The van der Waals surface area contributed by atoms with Gasteiger partial charge in [-0.05, 0) is 38.8 Å². The first-order valence-corrected chi connectivity index (χ1v) is 6.95. The molecule has 0 radical (unpaired) electrons. The zero-order valence-corrected chi connectivity index (χ0v) is 12.1. The van der Waals surface area contributed by atoms with Gasteiger partial charge >= 0.3 is 0 Å². The molecule has 1 aromatic rings. The summed E-state index contributed by atoms with van der Waals surface area (Å²) in [6.07, 6.45) is 5.26. The SMILES string of the molecule is COC(C)(C)CCOc1ccc(CNC2CC2)nc1. The highest BCUT2D eigenvalue weighted by Gasteiger charge is 2.20. The van der Waals surface area contributed by atoms with Crippen molar-refractivity contribution < 1.29 is 9.47 Å². The molecular formula is C15H24N2O2. The van der Waals surface area contributed by atoms with E-state index in [-0.39, 0.29) is 5.60 Å². The molecule has 2 rings (SSSR count). The van der Waals surface area contributed by atoms with Crippen molar-refractivity contribution in [3.8, 4) is 5.75 Å². The summed E-state index contributed by atoms with van der Waals surface area (Å²) in [6, 6.07) is 4.72. The minimum atomic E-state index is -0.137. The van der Waals surface area contributed by atoms with Gasteiger partial charge in [0.25, 0.3) is 0 Å². The highest BCUT2D eigenvalue weighted by atomic mass is 16.5. The van der Waals surface area contributed by atoms with Crippen molar-refractivity contribution in [2.24, 2.45) is 0 Å². The Bertz CT molecular complexity index is 386. The summed E-state index contributed by atoms with van der Waals surface area (Å²) in [5.74, 6) is 0.821. The molecule has 4 nitrogen and oxygen atoms in total. The molecule has 0 unspecified atom stereocenters. The van der Waals surface area contributed by atoms with Crippen molar-refractivity contribution in [3.63, 3.8) is 0 Å². The quantitative estimate of drug-likeness (QED) is 0.783. The van der Waals surface area contributed by atoms with Crippen LogP contribution in [0.25, 0.3) is 0 Å². The number of aromatic nitrogens is 1. The first-order valence-electron chi connectivity index (χ1n) is 6.95. The number of hydrogen-bond acceptors (Lipinski definition) is 4. The van der Waals surface area contributed by atoms with Gasteiger partial charge in [0, 0.05) is 26.1 Å². The number of ether oxygens (including phenoxy) is 2.